The summed E-state index contributed by atoms with van der Waals surface area (Å²) in [6.07, 6.45) is -4.03. The van der Waals surface area contributed by atoms with E-state index in [0.717, 1.165) is 22.2 Å². The van der Waals surface area contributed by atoms with Crippen LogP contribution in [0, 0.1) is 23.2 Å². The highest BCUT2D eigenvalue weighted by atomic mass is 16.6. The predicted molar refractivity (Wildman–Crippen MR) is 152 cm³/mol. The SMILES string of the molecule is Cc1c(CCN2C(=O)[C@H](OC(=O)c3ccccc3)C34[C@@H]2OC(=O)[C@@]32CC(=O)O[C@H]2C[C@@]4(O)C(C)(C)C)[nH]c2ccccc12. The van der Waals surface area contributed by atoms with Crippen LogP contribution in [0.15, 0.2) is 54.6 Å². The normalized spacial score (nSPS) is 32.9. The number of ether oxygens (including phenoxy) is 3. The summed E-state index contributed by atoms with van der Waals surface area (Å²) in [7, 11) is 0. The molecular formula is C33H34N2O8. The van der Waals surface area contributed by atoms with Crippen molar-refractivity contribution in [2.75, 3.05) is 6.54 Å². The minimum atomic E-state index is -1.80. The quantitative estimate of drug-likeness (QED) is 0.343. The van der Waals surface area contributed by atoms with E-state index in [2.05, 4.69) is 4.98 Å². The molecule has 2 spiro atoms. The molecule has 10 nitrogen and oxygen atoms in total. The van der Waals surface area contributed by atoms with Gasteiger partial charge in [0.1, 0.15) is 16.9 Å². The molecule has 3 saturated heterocycles. The van der Waals surface area contributed by atoms with Gasteiger partial charge in [0.15, 0.2) is 12.3 Å². The van der Waals surface area contributed by atoms with E-state index in [4.69, 9.17) is 14.2 Å². The van der Waals surface area contributed by atoms with Crippen molar-refractivity contribution in [3.63, 3.8) is 0 Å². The molecule has 3 aromatic rings. The van der Waals surface area contributed by atoms with Gasteiger partial charge in [-0.05, 0) is 36.1 Å². The van der Waals surface area contributed by atoms with E-state index in [1.165, 1.54) is 4.90 Å². The van der Waals surface area contributed by atoms with Gasteiger partial charge in [-0.2, -0.15) is 0 Å². The highest BCUT2D eigenvalue weighted by Gasteiger charge is 2.93. The Morgan fingerprint density at radius 3 is 2.47 bits per heavy atom. The number of aromatic amines is 1. The fourth-order valence-electron chi connectivity index (χ4n) is 8.39. The summed E-state index contributed by atoms with van der Waals surface area (Å²) in [4.78, 5) is 59.7. The number of nitrogens with zero attached hydrogens (tertiary/aromatic N) is 1. The van der Waals surface area contributed by atoms with Gasteiger partial charge in [0.25, 0.3) is 5.91 Å². The van der Waals surface area contributed by atoms with Crippen molar-refractivity contribution in [1.29, 1.82) is 0 Å². The molecule has 1 unspecified atom stereocenters. The Bertz CT molecular complexity index is 1690. The number of benzene rings is 2. The molecular weight excluding hydrogens is 552 g/mol. The number of aryl methyl sites for hydroxylation is 1. The third kappa shape index (κ3) is 3.32. The fourth-order valence-corrected chi connectivity index (χ4v) is 8.39. The first-order valence-electron chi connectivity index (χ1n) is 14.6. The van der Waals surface area contributed by atoms with Crippen LogP contribution in [0.25, 0.3) is 10.9 Å². The zero-order valence-corrected chi connectivity index (χ0v) is 24.5. The zero-order chi connectivity index (χ0) is 30.5. The fraction of sp³-hybridized carbons (Fsp3) is 0.455. The monoisotopic (exact) mass is 586 g/mol. The molecule has 1 amide bonds. The number of likely N-dealkylation sites (tertiary alicyclic amines) is 1. The molecule has 224 valence electrons. The van der Waals surface area contributed by atoms with Crippen LogP contribution in [-0.4, -0.2) is 69.4 Å². The van der Waals surface area contributed by atoms with Crippen molar-refractivity contribution < 1.29 is 38.5 Å². The number of esters is 3. The lowest BCUT2D eigenvalue weighted by Gasteiger charge is -2.51. The van der Waals surface area contributed by atoms with Crippen LogP contribution in [0.1, 0.15) is 55.2 Å². The van der Waals surface area contributed by atoms with Gasteiger partial charge in [-0.1, -0.05) is 57.2 Å². The van der Waals surface area contributed by atoms with Crippen LogP contribution >= 0.6 is 0 Å². The summed E-state index contributed by atoms with van der Waals surface area (Å²) in [6.45, 7) is 7.51. The minimum absolute atomic E-state index is 0.102. The number of hydrogen-bond donors (Lipinski definition) is 2. The van der Waals surface area contributed by atoms with E-state index in [0.29, 0.717) is 6.42 Å². The van der Waals surface area contributed by atoms with Gasteiger partial charge in [-0.3, -0.25) is 14.4 Å². The number of nitrogens with one attached hydrogen (secondary N) is 1. The minimum Gasteiger partial charge on any atom is -0.461 e. The molecule has 2 N–H and O–H groups in total. The van der Waals surface area contributed by atoms with Gasteiger partial charge in [0.05, 0.1) is 17.6 Å². The summed E-state index contributed by atoms with van der Waals surface area (Å²) < 4.78 is 17.8. The maximum absolute atomic E-state index is 14.5. The summed E-state index contributed by atoms with van der Waals surface area (Å²) in [5.74, 6) is -2.71. The summed E-state index contributed by atoms with van der Waals surface area (Å²) >= 11 is 0. The molecule has 6 atom stereocenters. The van der Waals surface area contributed by atoms with Crippen molar-refractivity contribution in [2.24, 2.45) is 16.2 Å². The van der Waals surface area contributed by atoms with E-state index < -0.39 is 64.1 Å². The molecule has 3 aliphatic heterocycles. The van der Waals surface area contributed by atoms with E-state index in [1.54, 1.807) is 51.1 Å². The van der Waals surface area contributed by atoms with Gasteiger partial charge in [-0.15, -0.1) is 0 Å². The molecule has 1 saturated carbocycles. The van der Waals surface area contributed by atoms with Crippen molar-refractivity contribution in [1.82, 2.24) is 9.88 Å². The predicted octanol–water partition coefficient (Wildman–Crippen LogP) is 3.44. The van der Waals surface area contributed by atoms with Gasteiger partial charge in [-0.25, -0.2) is 4.79 Å². The molecule has 2 aromatic carbocycles. The Hall–Kier alpha value is -4.18. The van der Waals surface area contributed by atoms with E-state index in [-0.39, 0.29) is 24.9 Å². The average Bonchev–Trinajstić information content (AvgIpc) is 3.67. The molecule has 4 aliphatic rings. The first kappa shape index (κ1) is 27.6. The molecule has 0 radical (unpaired) electrons. The van der Waals surface area contributed by atoms with Crippen molar-refractivity contribution in [2.45, 2.75) is 71.0 Å². The number of H-pyrrole nitrogens is 1. The smallest absolute Gasteiger partial charge is 0.338 e. The first-order chi connectivity index (χ1) is 20.4. The van der Waals surface area contributed by atoms with E-state index in [9.17, 15) is 24.3 Å². The Morgan fingerprint density at radius 2 is 1.77 bits per heavy atom. The van der Waals surface area contributed by atoms with Crippen LogP contribution in [0.3, 0.4) is 0 Å². The summed E-state index contributed by atoms with van der Waals surface area (Å²) in [5, 5.41) is 13.8. The number of amides is 1. The summed E-state index contributed by atoms with van der Waals surface area (Å²) in [6, 6.07) is 16.1. The number of rotatable bonds is 5. The van der Waals surface area contributed by atoms with E-state index >= 15 is 0 Å². The number of hydrogen-bond acceptors (Lipinski definition) is 8. The van der Waals surface area contributed by atoms with Gasteiger partial charge >= 0.3 is 17.9 Å². The van der Waals surface area contributed by atoms with Crippen LogP contribution < -0.4 is 0 Å². The van der Waals surface area contributed by atoms with Crippen molar-refractivity contribution in [3.8, 4) is 0 Å². The number of para-hydroxylation sites is 1. The summed E-state index contributed by atoms with van der Waals surface area (Å²) in [5.41, 5.74) is -3.14. The first-order valence-corrected chi connectivity index (χ1v) is 14.6. The highest BCUT2D eigenvalue weighted by molar-refractivity contribution is 5.99. The topological polar surface area (TPSA) is 135 Å². The lowest BCUT2D eigenvalue weighted by Crippen LogP contribution is -2.66. The van der Waals surface area contributed by atoms with Gasteiger partial charge < -0.3 is 29.2 Å². The van der Waals surface area contributed by atoms with Crippen LogP contribution in [-0.2, 0) is 35.0 Å². The number of aromatic nitrogens is 1. The molecule has 43 heavy (non-hydrogen) atoms. The largest absolute Gasteiger partial charge is 0.461 e. The molecule has 4 fully saturated rings. The van der Waals surface area contributed by atoms with Gasteiger partial charge in [0, 0.05) is 36.0 Å². The maximum atomic E-state index is 14.5. The standard InChI is InChI=1S/C33H34N2O8/c1-18-20-12-8-9-13-22(20)34-21(18)14-15-35-26(37)25(42-27(38)19-10-6-5-7-11-19)33-28(35)43-29(39)31(33)17-24(36)41-23(31)16-32(33,40)30(2,3)4/h5-13,23,25,28,34,40H,14-17H2,1-4H3/t23-,25-,28-,31-,32+,33?/m0/s1. The Balaban J connectivity index is 1.37. The number of carbonyl (C=O) groups excluding carboxylic acids is 4. The third-order valence-electron chi connectivity index (χ3n) is 10.5. The molecule has 0 bridgehead atoms. The molecule has 10 heteroatoms. The van der Waals surface area contributed by atoms with Crippen LogP contribution in [0.4, 0.5) is 0 Å². The Labute approximate surface area is 248 Å². The second-order valence-corrected chi connectivity index (χ2v) is 13.3. The maximum Gasteiger partial charge on any atom is 0.338 e. The lowest BCUT2D eigenvalue weighted by molar-refractivity contribution is -0.211. The van der Waals surface area contributed by atoms with Crippen LogP contribution in [0.2, 0.25) is 0 Å². The Kier molecular flexibility index (Phi) is 5.73. The molecule has 1 aliphatic carbocycles. The number of aliphatic hydroxyl groups is 1. The molecule has 7 rings (SSSR count). The van der Waals surface area contributed by atoms with Crippen LogP contribution in [0.5, 0.6) is 0 Å². The highest BCUT2D eigenvalue weighted by Crippen LogP contribution is 2.76. The molecule has 1 aromatic heterocycles. The second-order valence-electron chi connectivity index (χ2n) is 13.3. The number of fused-ring (bicyclic) bond motifs is 1. The number of carbonyl (C=O) groups is 4. The molecule has 4 heterocycles. The lowest BCUT2D eigenvalue weighted by atomic mass is 9.52. The van der Waals surface area contributed by atoms with E-state index in [1.807, 2.05) is 31.2 Å². The Morgan fingerprint density at radius 1 is 1.07 bits per heavy atom. The second kappa shape index (κ2) is 8.92. The zero-order valence-electron chi connectivity index (χ0n) is 24.5. The van der Waals surface area contributed by atoms with Gasteiger partial charge in [0.2, 0.25) is 0 Å². The third-order valence-corrected chi connectivity index (χ3v) is 10.5. The average molecular weight is 587 g/mol. The van der Waals surface area contributed by atoms with Crippen molar-refractivity contribution >= 4 is 34.7 Å². The van der Waals surface area contributed by atoms with Crippen molar-refractivity contribution in [3.05, 3.63) is 71.4 Å².